The number of carbonyl (C=O) groups is 3. The largest absolute Gasteiger partial charge is 0.332 e. The average Bonchev–Trinajstić information content (AvgIpc) is 2.77. The number of benzene rings is 1. The number of para-hydroxylation sites is 1. The van der Waals surface area contributed by atoms with Crippen molar-refractivity contribution < 1.29 is 14.4 Å². The minimum atomic E-state index is -0.346. The van der Waals surface area contributed by atoms with Crippen molar-refractivity contribution in [3.63, 3.8) is 0 Å². The Hall–Kier alpha value is -1.93. The maximum Gasteiger partial charge on any atom is 0.288 e. The molecule has 0 aliphatic carbocycles. The summed E-state index contributed by atoms with van der Waals surface area (Å²) in [6, 6.07) is 9.19. The van der Waals surface area contributed by atoms with Crippen LogP contribution in [0.2, 0.25) is 0 Å². The van der Waals surface area contributed by atoms with Crippen molar-refractivity contribution in [3.05, 3.63) is 30.3 Å². The van der Waals surface area contributed by atoms with E-state index in [1.165, 1.54) is 0 Å². The first-order valence-electron chi connectivity index (χ1n) is 6.19. The molecule has 1 heterocycles. The fourth-order valence-electron chi connectivity index (χ4n) is 1.68. The Labute approximate surface area is 131 Å². The summed E-state index contributed by atoms with van der Waals surface area (Å²) in [5, 5.41) is 5.25. The lowest BCUT2D eigenvalue weighted by Gasteiger charge is -2.13. The zero-order valence-corrected chi connectivity index (χ0v) is 12.6. The minimum absolute atomic E-state index is 0.0225. The van der Waals surface area contributed by atoms with E-state index < -0.39 is 0 Å². The molecule has 1 saturated heterocycles. The number of thiocarbonyl (C=S) groups is 1. The number of anilines is 1. The highest BCUT2D eigenvalue weighted by molar-refractivity contribution is 8.14. The van der Waals surface area contributed by atoms with Gasteiger partial charge in [-0.1, -0.05) is 30.0 Å². The van der Waals surface area contributed by atoms with Crippen molar-refractivity contribution in [2.45, 2.75) is 6.42 Å². The third kappa shape index (κ3) is 4.54. The summed E-state index contributed by atoms with van der Waals surface area (Å²) in [6.07, 6.45) is 0.0225. The van der Waals surface area contributed by atoms with Gasteiger partial charge in [-0.3, -0.25) is 19.3 Å². The number of carbonyl (C=O) groups excluding carboxylic acids is 3. The molecule has 6 nitrogen and oxygen atoms in total. The molecule has 0 saturated carbocycles. The van der Waals surface area contributed by atoms with Crippen molar-refractivity contribution in [1.82, 2.24) is 10.2 Å². The molecule has 1 aliphatic rings. The zero-order chi connectivity index (χ0) is 15.2. The Morgan fingerprint density at radius 1 is 1.29 bits per heavy atom. The van der Waals surface area contributed by atoms with Crippen molar-refractivity contribution in [2.24, 2.45) is 0 Å². The smallest absolute Gasteiger partial charge is 0.288 e. The monoisotopic (exact) mass is 323 g/mol. The molecule has 3 amide bonds. The summed E-state index contributed by atoms with van der Waals surface area (Å²) in [5.74, 6) is -0.460. The molecule has 21 heavy (non-hydrogen) atoms. The van der Waals surface area contributed by atoms with Crippen LogP contribution in [0.1, 0.15) is 6.42 Å². The second-order valence-electron chi connectivity index (χ2n) is 4.22. The third-order valence-electron chi connectivity index (χ3n) is 2.69. The Kier molecular flexibility index (Phi) is 5.29. The maximum atomic E-state index is 11.7. The SMILES string of the molecule is O=C(CCN1C(=O)CSC1=O)NC(=S)Nc1ccccc1. The molecule has 2 N–H and O–H groups in total. The fourth-order valence-corrected chi connectivity index (χ4v) is 2.67. The van der Waals surface area contributed by atoms with Gasteiger partial charge in [-0.25, -0.2) is 0 Å². The van der Waals surface area contributed by atoms with Gasteiger partial charge in [-0.05, 0) is 24.4 Å². The second-order valence-corrected chi connectivity index (χ2v) is 5.55. The lowest BCUT2D eigenvalue weighted by atomic mass is 10.3. The first-order chi connectivity index (χ1) is 10.1. The van der Waals surface area contributed by atoms with E-state index in [0.29, 0.717) is 0 Å². The highest BCUT2D eigenvalue weighted by Crippen LogP contribution is 2.18. The Morgan fingerprint density at radius 3 is 2.62 bits per heavy atom. The zero-order valence-electron chi connectivity index (χ0n) is 11.0. The standard InChI is InChI=1S/C13H13N3O3S2/c17-10(6-7-16-11(18)8-21-13(16)19)15-12(20)14-9-4-2-1-3-5-9/h1-5H,6-8H2,(H2,14,15,17,20). The van der Waals surface area contributed by atoms with Crippen LogP contribution < -0.4 is 10.6 Å². The first-order valence-corrected chi connectivity index (χ1v) is 7.58. The van der Waals surface area contributed by atoms with E-state index in [1.807, 2.05) is 30.3 Å². The van der Waals surface area contributed by atoms with Crippen molar-refractivity contribution in [2.75, 3.05) is 17.6 Å². The molecular weight excluding hydrogens is 310 g/mol. The molecule has 1 fully saturated rings. The highest BCUT2D eigenvalue weighted by Gasteiger charge is 2.29. The van der Waals surface area contributed by atoms with Gasteiger partial charge in [0, 0.05) is 18.7 Å². The van der Waals surface area contributed by atoms with Gasteiger partial charge in [0.2, 0.25) is 11.8 Å². The van der Waals surface area contributed by atoms with Gasteiger partial charge < -0.3 is 10.6 Å². The van der Waals surface area contributed by atoms with Gasteiger partial charge in [0.1, 0.15) is 0 Å². The summed E-state index contributed by atoms with van der Waals surface area (Å²) in [4.78, 5) is 35.5. The number of thioether (sulfide) groups is 1. The van der Waals surface area contributed by atoms with Gasteiger partial charge in [0.25, 0.3) is 5.24 Å². The molecule has 1 aromatic carbocycles. The molecule has 0 unspecified atom stereocenters. The molecule has 0 radical (unpaired) electrons. The number of hydrogen-bond acceptors (Lipinski definition) is 5. The molecule has 0 bridgehead atoms. The predicted molar refractivity (Wildman–Crippen MR) is 85.0 cm³/mol. The van der Waals surface area contributed by atoms with Gasteiger partial charge in [0.15, 0.2) is 5.11 Å². The number of amides is 3. The van der Waals surface area contributed by atoms with Crippen LogP contribution in [0, 0.1) is 0 Å². The number of nitrogens with one attached hydrogen (secondary N) is 2. The Balaban J connectivity index is 1.75. The van der Waals surface area contributed by atoms with Crippen LogP contribution in [-0.4, -0.2) is 39.4 Å². The molecule has 0 spiro atoms. The third-order valence-corrected chi connectivity index (χ3v) is 3.75. The van der Waals surface area contributed by atoms with E-state index >= 15 is 0 Å². The van der Waals surface area contributed by atoms with Gasteiger partial charge >= 0.3 is 0 Å². The number of hydrogen-bond donors (Lipinski definition) is 2. The van der Waals surface area contributed by atoms with E-state index in [9.17, 15) is 14.4 Å². The predicted octanol–water partition coefficient (Wildman–Crippen LogP) is 1.59. The molecule has 1 aromatic rings. The maximum absolute atomic E-state index is 11.7. The van der Waals surface area contributed by atoms with Crippen LogP contribution in [0.15, 0.2) is 30.3 Å². The molecule has 1 aliphatic heterocycles. The highest BCUT2D eigenvalue weighted by atomic mass is 32.2. The molecule has 110 valence electrons. The Morgan fingerprint density at radius 2 is 2.00 bits per heavy atom. The van der Waals surface area contributed by atoms with E-state index in [1.54, 1.807) is 0 Å². The lowest BCUT2D eigenvalue weighted by Crippen LogP contribution is -2.37. The molecule has 2 rings (SSSR count). The summed E-state index contributed by atoms with van der Waals surface area (Å²) >= 11 is 5.96. The summed E-state index contributed by atoms with van der Waals surface area (Å²) in [5.41, 5.74) is 0.768. The normalized spacial score (nSPS) is 14.2. The summed E-state index contributed by atoms with van der Waals surface area (Å²) in [6.45, 7) is 0.0739. The van der Waals surface area contributed by atoms with E-state index in [0.717, 1.165) is 22.3 Å². The van der Waals surface area contributed by atoms with Crippen LogP contribution in [0.3, 0.4) is 0 Å². The number of nitrogens with zero attached hydrogens (tertiary/aromatic N) is 1. The molecular formula is C13H13N3O3S2. The number of rotatable bonds is 4. The topological polar surface area (TPSA) is 78.5 Å². The molecule has 0 aromatic heterocycles. The van der Waals surface area contributed by atoms with Gasteiger partial charge in [0.05, 0.1) is 5.75 Å². The fraction of sp³-hybridized carbons (Fsp3) is 0.231. The van der Waals surface area contributed by atoms with E-state index in [2.05, 4.69) is 10.6 Å². The van der Waals surface area contributed by atoms with E-state index in [-0.39, 0.29) is 40.9 Å². The van der Waals surface area contributed by atoms with Crippen LogP contribution in [0.25, 0.3) is 0 Å². The van der Waals surface area contributed by atoms with Crippen LogP contribution >= 0.6 is 24.0 Å². The van der Waals surface area contributed by atoms with Crippen LogP contribution in [-0.2, 0) is 9.59 Å². The van der Waals surface area contributed by atoms with Gasteiger partial charge in [-0.15, -0.1) is 0 Å². The van der Waals surface area contributed by atoms with Crippen molar-refractivity contribution >= 4 is 51.8 Å². The van der Waals surface area contributed by atoms with Gasteiger partial charge in [-0.2, -0.15) is 0 Å². The van der Waals surface area contributed by atoms with Crippen molar-refractivity contribution in [3.8, 4) is 0 Å². The van der Waals surface area contributed by atoms with Crippen molar-refractivity contribution in [1.29, 1.82) is 0 Å². The van der Waals surface area contributed by atoms with Crippen LogP contribution in [0.5, 0.6) is 0 Å². The molecule has 8 heteroatoms. The quantitative estimate of drug-likeness (QED) is 0.819. The lowest BCUT2D eigenvalue weighted by molar-refractivity contribution is -0.125. The molecule has 0 atom stereocenters. The van der Waals surface area contributed by atoms with Crippen LogP contribution in [0.4, 0.5) is 10.5 Å². The number of imide groups is 1. The van der Waals surface area contributed by atoms with E-state index in [4.69, 9.17) is 12.2 Å². The second kappa shape index (κ2) is 7.19. The Bertz CT molecular complexity index is 561. The average molecular weight is 323 g/mol. The minimum Gasteiger partial charge on any atom is -0.332 e. The first kappa shape index (κ1) is 15.5. The summed E-state index contributed by atoms with van der Waals surface area (Å²) in [7, 11) is 0. The summed E-state index contributed by atoms with van der Waals surface area (Å²) < 4.78 is 0.